The molecular formula is C28H32N4O2S. The first-order chi connectivity index (χ1) is 17.1. The molecule has 3 fully saturated rings. The van der Waals surface area contributed by atoms with Gasteiger partial charge in [0.2, 0.25) is 0 Å². The first kappa shape index (κ1) is 23.7. The van der Waals surface area contributed by atoms with Crippen molar-refractivity contribution in [3.05, 3.63) is 71.9 Å². The minimum absolute atomic E-state index is 0.0863. The van der Waals surface area contributed by atoms with Crippen molar-refractivity contribution in [3.8, 4) is 5.75 Å². The zero-order chi connectivity index (χ0) is 24.4. The summed E-state index contributed by atoms with van der Waals surface area (Å²) in [5, 5.41) is 7.81. The predicted octanol–water partition coefficient (Wildman–Crippen LogP) is 4.71. The van der Waals surface area contributed by atoms with Crippen molar-refractivity contribution in [1.82, 2.24) is 20.5 Å². The Kier molecular flexibility index (Phi) is 6.97. The first-order valence-corrected chi connectivity index (χ1v) is 12.8. The second-order valence-corrected chi connectivity index (χ2v) is 9.98. The normalized spacial score (nSPS) is 24.1. The van der Waals surface area contributed by atoms with Gasteiger partial charge < -0.3 is 10.1 Å². The number of hydrogen-bond donors (Lipinski definition) is 2. The van der Waals surface area contributed by atoms with E-state index >= 15 is 0 Å². The molecule has 2 aromatic carbocycles. The van der Waals surface area contributed by atoms with Crippen LogP contribution in [-0.4, -0.2) is 47.1 Å². The van der Waals surface area contributed by atoms with Gasteiger partial charge in [0, 0.05) is 29.7 Å². The Bertz CT molecular complexity index is 1220. The number of pyridine rings is 1. The van der Waals surface area contributed by atoms with Crippen LogP contribution in [0.25, 0.3) is 10.9 Å². The molecule has 35 heavy (non-hydrogen) atoms. The molecule has 2 N–H and O–H groups in total. The van der Waals surface area contributed by atoms with Crippen LogP contribution in [0.2, 0.25) is 0 Å². The van der Waals surface area contributed by atoms with Crippen LogP contribution in [0.1, 0.15) is 48.1 Å². The molecule has 0 radical (unpaired) electrons. The van der Waals surface area contributed by atoms with Gasteiger partial charge in [-0.05, 0) is 85.4 Å². The van der Waals surface area contributed by atoms with Crippen molar-refractivity contribution in [2.45, 2.75) is 38.3 Å². The van der Waals surface area contributed by atoms with Crippen LogP contribution in [0, 0.1) is 11.8 Å². The maximum atomic E-state index is 12.8. The molecule has 5 atom stereocenters. The maximum absolute atomic E-state index is 12.8. The lowest BCUT2D eigenvalue weighted by Crippen LogP contribution is -2.58. The van der Waals surface area contributed by atoms with Crippen LogP contribution in [-0.2, 0) is 0 Å². The van der Waals surface area contributed by atoms with E-state index in [2.05, 4.69) is 33.5 Å². The van der Waals surface area contributed by atoms with Gasteiger partial charge in [0.25, 0.3) is 5.91 Å². The van der Waals surface area contributed by atoms with Crippen LogP contribution < -0.4 is 15.4 Å². The van der Waals surface area contributed by atoms with Crippen molar-refractivity contribution in [2.75, 3.05) is 20.2 Å². The fourth-order valence-corrected chi connectivity index (χ4v) is 6.08. The van der Waals surface area contributed by atoms with E-state index in [1.165, 1.54) is 12.8 Å². The number of methoxy groups -OCH3 is 1. The van der Waals surface area contributed by atoms with Gasteiger partial charge in [-0.15, -0.1) is 0 Å². The van der Waals surface area contributed by atoms with E-state index in [4.69, 9.17) is 17.0 Å². The van der Waals surface area contributed by atoms with E-state index < -0.39 is 0 Å². The maximum Gasteiger partial charge on any atom is 0.257 e. The van der Waals surface area contributed by atoms with Crippen LogP contribution in [0.15, 0.2) is 60.8 Å². The molecule has 0 spiro atoms. The number of thiocarbonyl (C=S) groups is 1. The topological polar surface area (TPSA) is 66.5 Å². The van der Waals surface area contributed by atoms with E-state index in [0.29, 0.717) is 10.7 Å². The smallest absolute Gasteiger partial charge is 0.257 e. The van der Waals surface area contributed by atoms with Crippen molar-refractivity contribution >= 4 is 34.1 Å². The van der Waals surface area contributed by atoms with Gasteiger partial charge >= 0.3 is 0 Å². The minimum Gasteiger partial charge on any atom is -0.497 e. The molecule has 1 amide bonds. The van der Waals surface area contributed by atoms with Gasteiger partial charge in [0.15, 0.2) is 5.11 Å². The molecule has 3 aliphatic rings. The second kappa shape index (κ2) is 10.3. The molecule has 3 saturated heterocycles. The SMILES string of the molecule is CC[C@H]1CN2CC[C@@H]1C[C@H]2[C@@H](NC(=S)NC(=O)c1ccccc1)c1ccnc2ccc(OC)cc12. The molecule has 3 aromatic rings. The van der Waals surface area contributed by atoms with Crippen LogP contribution in [0.3, 0.4) is 0 Å². The molecule has 1 aromatic heterocycles. The van der Waals surface area contributed by atoms with E-state index in [1.807, 2.05) is 42.6 Å². The quantitative estimate of drug-likeness (QED) is 0.490. The molecule has 3 aliphatic heterocycles. The average Bonchev–Trinajstić information content (AvgIpc) is 2.91. The number of hydrogen-bond acceptors (Lipinski definition) is 5. The number of benzene rings is 2. The summed E-state index contributed by atoms with van der Waals surface area (Å²) in [5.41, 5.74) is 2.62. The summed E-state index contributed by atoms with van der Waals surface area (Å²) in [4.78, 5) is 20.0. The number of piperidine rings is 3. The number of rotatable bonds is 6. The van der Waals surface area contributed by atoms with E-state index in [-0.39, 0.29) is 18.0 Å². The first-order valence-electron chi connectivity index (χ1n) is 12.4. The zero-order valence-electron chi connectivity index (χ0n) is 20.2. The molecular weight excluding hydrogens is 456 g/mol. The largest absolute Gasteiger partial charge is 0.497 e. The second-order valence-electron chi connectivity index (χ2n) is 9.57. The fraction of sp³-hybridized carbons (Fsp3) is 0.393. The third kappa shape index (κ3) is 4.88. The molecule has 6 nitrogen and oxygen atoms in total. The Balaban J connectivity index is 1.48. The molecule has 7 heteroatoms. The van der Waals surface area contributed by atoms with Gasteiger partial charge in [-0.1, -0.05) is 31.5 Å². The number of aromatic nitrogens is 1. The summed E-state index contributed by atoms with van der Waals surface area (Å²) < 4.78 is 5.52. The molecule has 6 rings (SSSR count). The Morgan fingerprint density at radius 1 is 1.23 bits per heavy atom. The molecule has 1 unspecified atom stereocenters. The minimum atomic E-state index is -0.209. The summed E-state index contributed by atoms with van der Waals surface area (Å²) >= 11 is 5.68. The number of nitrogens with zero attached hydrogens (tertiary/aromatic N) is 2. The molecule has 0 saturated carbocycles. The van der Waals surface area contributed by atoms with Crippen LogP contribution in [0.4, 0.5) is 0 Å². The van der Waals surface area contributed by atoms with Gasteiger partial charge in [0.1, 0.15) is 5.75 Å². The average molecular weight is 489 g/mol. The summed E-state index contributed by atoms with van der Waals surface area (Å²) in [6, 6.07) is 17.4. The third-order valence-electron chi connectivity index (χ3n) is 7.71. The van der Waals surface area contributed by atoms with E-state index in [0.717, 1.165) is 53.6 Å². The van der Waals surface area contributed by atoms with Gasteiger partial charge in [0.05, 0.1) is 18.7 Å². The summed E-state index contributed by atoms with van der Waals surface area (Å²) in [5.74, 6) is 2.05. The number of ether oxygens (including phenoxy) is 1. The molecule has 2 bridgehead atoms. The standard InChI is InChI=1S/C28H32N4O2S/c1-3-18-17-32-14-12-20(18)15-25(32)26(30-28(35)31-27(33)19-7-5-4-6-8-19)22-11-13-29-24-10-9-21(34-2)16-23(22)24/h4-11,13,16,18,20,25-26H,3,12,14-15,17H2,1-2H3,(H2,30,31,33,35)/t18-,20+,25-,26-/m0/s1. The summed E-state index contributed by atoms with van der Waals surface area (Å²) in [6.07, 6.45) is 5.43. The predicted molar refractivity (Wildman–Crippen MR) is 143 cm³/mol. The highest BCUT2D eigenvalue weighted by Crippen LogP contribution is 2.43. The highest BCUT2D eigenvalue weighted by Gasteiger charge is 2.43. The van der Waals surface area contributed by atoms with E-state index in [9.17, 15) is 4.79 Å². The van der Waals surface area contributed by atoms with Crippen molar-refractivity contribution in [2.24, 2.45) is 11.8 Å². The molecule has 182 valence electrons. The van der Waals surface area contributed by atoms with Gasteiger partial charge in [-0.3, -0.25) is 20.0 Å². The van der Waals surface area contributed by atoms with E-state index in [1.54, 1.807) is 19.2 Å². The van der Waals surface area contributed by atoms with Gasteiger partial charge in [-0.2, -0.15) is 0 Å². The highest BCUT2D eigenvalue weighted by atomic mass is 32.1. The zero-order valence-corrected chi connectivity index (χ0v) is 21.1. The fourth-order valence-electron chi connectivity index (χ4n) is 5.86. The Morgan fingerprint density at radius 3 is 2.77 bits per heavy atom. The number of amides is 1. The van der Waals surface area contributed by atoms with Crippen LogP contribution >= 0.6 is 12.2 Å². The summed E-state index contributed by atoms with van der Waals surface area (Å²) in [7, 11) is 1.68. The summed E-state index contributed by atoms with van der Waals surface area (Å²) in [6.45, 7) is 4.51. The van der Waals surface area contributed by atoms with Crippen molar-refractivity contribution in [1.29, 1.82) is 0 Å². The Hall–Kier alpha value is -3.03. The highest BCUT2D eigenvalue weighted by molar-refractivity contribution is 7.80. The lowest BCUT2D eigenvalue weighted by Gasteiger charge is -2.52. The lowest BCUT2D eigenvalue weighted by molar-refractivity contribution is -0.0133. The molecule has 4 heterocycles. The molecule has 0 aliphatic carbocycles. The lowest BCUT2D eigenvalue weighted by atomic mass is 9.72. The Morgan fingerprint density at radius 2 is 2.06 bits per heavy atom. The van der Waals surface area contributed by atoms with Crippen LogP contribution in [0.5, 0.6) is 5.75 Å². The van der Waals surface area contributed by atoms with Gasteiger partial charge in [-0.25, -0.2) is 0 Å². The monoisotopic (exact) mass is 488 g/mol. The Labute approximate surface area is 212 Å². The number of carbonyl (C=O) groups is 1. The van der Waals surface area contributed by atoms with Crippen molar-refractivity contribution < 1.29 is 9.53 Å². The number of nitrogens with one attached hydrogen (secondary N) is 2. The number of fused-ring (bicyclic) bond motifs is 4. The van der Waals surface area contributed by atoms with Crippen molar-refractivity contribution in [3.63, 3.8) is 0 Å². The number of carbonyl (C=O) groups excluding carboxylic acids is 1. The third-order valence-corrected chi connectivity index (χ3v) is 7.93.